The van der Waals surface area contributed by atoms with E-state index >= 15 is 0 Å². The number of hydrogen-bond acceptors (Lipinski definition) is 6. The fourth-order valence-corrected chi connectivity index (χ4v) is 4.27. The van der Waals surface area contributed by atoms with E-state index in [4.69, 9.17) is 9.57 Å². The molecule has 0 bridgehead atoms. The fourth-order valence-electron chi connectivity index (χ4n) is 3.03. The van der Waals surface area contributed by atoms with Gasteiger partial charge in [0.05, 0.1) is 4.90 Å². The third kappa shape index (κ3) is 4.85. The highest BCUT2D eigenvalue weighted by atomic mass is 32.2. The number of benzene rings is 1. The van der Waals surface area contributed by atoms with Crippen LogP contribution in [-0.4, -0.2) is 39.1 Å². The van der Waals surface area contributed by atoms with Gasteiger partial charge in [0.15, 0.2) is 6.29 Å². The lowest BCUT2D eigenvalue weighted by Gasteiger charge is -2.23. The van der Waals surface area contributed by atoms with E-state index in [2.05, 4.69) is 15.2 Å². The number of unbranched alkanes of at least 4 members (excludes halogenated alkanes) is 1. The minimum atomic E-state index is -3.64. The van der Waals surface area contributed by atoms with Gasteiger partial charge in [-0.25, -0.2) is 18.7 Å². The summed E-state index contributed by atoms with van der Waals surface area (Å²) < 4.78 is 32.3. The molecule has 2 aliphatic heterocycles. The van der Waals surface area contributed by atoms with Crippen LogP contribution in [0.15, 0.2) is 34.2 Å². The summed E-state index contributed by atoms with van der Waals surface area (Å²) in [7, 11) is -3.64. The van der Waals surface area contributed by atoms with Crippen LogP contribution in [-0.2, 0) is 24.4 Å². The maximum absolute atomic E-state index is 12.6. The molecule has 2 aliphatic rings. The molecule has 0 unspecified atom stereocenters. The smallest absolute Gasteiger partial charge is 0.268 e. The molecule has 9 heteroatoms. The second kappa shape index (κ2) is 8.81. The summed E-state index contributed by atoms with van der Waals surface area (Å²) in [4.78, 5) is 22.5. The van der Waals surface area contributed by atoms with Gasteiger partial charge in [0.1, 0.15) is 11.9 Å². The molecule has 0 saturated carbocycles. The average molecular weight is 395 g/mol. The first-order chi connectivity index (χ1) is 13.0. The zero-order valence-electron chi connectivity index (χ0n) is 15.3. The van der Waals surface area contributed by atoms with E-state index in [-0.39, 0.29) is 10.7 Å². The Bertz CT molecular complexity index is 803. The summed E-state index contributed by atoms with van der Waals surface area (Å²) in [5, 5.41) is 0. The first-order valence-electron chi connectivity index (χ1n) is 9.28. The number of nitrogens with one attached hydrogen (secondary N) is 2. The monoisotopic (exact) mass is 395 g/mol. The van der Waals surface area contributed by atoms with Gasteiger partial charge >= 0.3 is 0 Å². The molecule has 0 radical (unpaired) electrons. The molecule has 2 N–H and O–H groups in total. The van der Waals surface area contributed by atoms with E-state index in [1.807, 2.05) is 6.92 Å². The van der Waals surface area contributed by atoms with Crippen molar-refractivity contribution in [2.45, 2.75) is 62.7 Å². The van der Waals surface area contributed by atoms with Crippen LogP contribution in [0.2, 0.25) is 0 Å². The van der Waals surface area contributed by atoms with Gasteiger partial charge in [-0.15, -0.1) is 0 Å². The van der Waals surface area contributed by atoms with Crippen molar-refractivity contribution in [2.75, 3.05) is 6.61 Å². The SMILES string of the molecule is CCCC[C@H](N=C1NS(=O)(=O)c2ccccc21)C(=O)NO[C@@H]1CCCCO1. The van der Waals surface area contributed by atoms with Crippen molar-refractivity contribution in [3.63, 3.8) is 0 Å². The lowest BCUT2D eigenvalue weighted by molar-refractivity contribution is -0.201. The maximum Gasteiger partial charge on any atom is 0.268 e. The molecule has 148 valence electrons. The minimum Gasteiger partial charge on any atom is -0.350 e. The molecule has 2 heterocycles. The molecule has 2 atom stereocenters. The summed E-state index contributed by atoms with van der Waals surface area (Å²) in [6, 6.07) is 5.83. The van der Waals surface area contributed by atoms with Crippen LogP contribution in [0.1, 0.15) is 51.0 Å². The quantitative estimate of drug-likeness (QED) is 0.686. The highest BCUT2D eigenvalue weighted by Gasteiger charge is 2.32. The van der Waals surface area contributed by atoms with Crippen molar-refractivity contribution in [3.8, 4) is 0 Å². The number of fused-ring (bicyclic) bond motifs is 1. The Kier molecular flexibility index (Phi) is 6.46. The zero-order valence-corrected chi connectivity index (χ0v) is 16.1. The van der Waals surface area contributed by atoms with E-state index in [9.17, 15) is 13.2 Å². The number of amides is 1. The Morgan fingerprint density at radius 2 is 2.22 bits per heavy atom. The molecule has 1 amide bonds. The molecule has 8 nitrogen and oxygen atoms in total. The fraction of sp³-hybridized carbons (Fsp3) is 0.556. The van der Waals surface area contributed by atoms with Crippen LogP contribution >= 0.6 is 0 Å². The number of ether oxygens (including phenoxy) is 1. The first-order valence-corrected chi connectivity index (χ1v) is 10.8. The van der Waals surface area contributed by atoms with Crippen molar-refractivity contribution in [1.29, 1.82) is 0 Å². The number of rotatable bonds is 7. The molecule has 1 aromatic rings. The number of carbonyl (C=O) groups is 1. The number of hydrogen-bond donors (Lipinski definition) is 2. The van der Waals surface area contributed by atoms with Crippen LogP contribution in [0.3, 0.4) is 0 Å². The molecule has 1 aromatic carbocycles. The Morgan fingerprint density at radius 1 is 1.41 bits per heavy atom. The molecule has 27 heavy (non-hydrogen) atoms. The zero-order chi connectivity index (χ0) is 19.3. The second-order valence-electron chi connectivity index (χ2n) is 6.62. The molecule has 3 rings (SSSR count). The number of aliphatic imine (C=N–C) groups is 1. The van der Waals surface area contributed by atoms with Gasteiger partial charge in [-0.05, 0) is 31.4 Å². The van der Waals surface area contributed by atoms with E-state index in [1.165, 1.54) is 6.07 Å². The van der Waals surface area contributed by atoms with Crippen LogP contribution in [0.4, 0.5) is 0 Å². The number of sulfonamides is 1. The predicted octanol–water partition coefficient (Wildman–Crippen LogP) is 1.86. The van der Waals surface area contributed by atoms with Crippen LogP contribution in [0, 0.1) is 0 Å². The van der Waals surface area contributed by atoms with Crippen LogP contribution < -0.4 is 10.2 Å². The molecule has 1 saturated heterocycles. The number of carbonyl (C=O) groups excluding carboxylic acids is 1. The van der Waals surface area contributed by atoms with Gasteiger partial charge in [0.2, 0.25) is 0 Å². The van der Waals surface area contributed by atoms with Gasteiger partial charge in [0.25, 0.3) is 15.9 Å². The Hall–Kier alpha value is -1.97. The van der Waals surface area contributed by atoms with Gasteiger partial charge in [-0.2, -0.15) is 0 Å². The molecular formula is C18H25N3O5S. The van der Waals surface area contributed by atoms with Crippen molar-refractivity contribution < 1.29 is 22.8 Å². The first kappa shape index (κ1) is 19.8. The van der Waals surface area contributed by atoms with E-state index in [0.717, 1.165) is 32.1 Å². The highest BCUT2D eigenvalue weighted by Crippen LogP contribution is 2.23. The minimum absolute atomic E-state index is 0.172. The third-order valence-corrected chi connectivity index (χ3v) is 5.91. The van der Waals surface area contributed by atoms with E-state index in [0.29, 0.717) is 18.6 Å². The van der Waals surface area contributed by atoms with Gasteiger partial charge < -0.3 is 4.74 Å². The summed E-state index contributed by atoms with van der Waals surface area (Å²) in [6.45, 7) is 2.63. The number of amidine groups is 1. The summed E-state index contributed by atoms with van der Waals surface area (Å²) in [5.41, 5.74) is 2.91. The predicted molar refractivity (Wildman–Crippen MR) is 99.4 cm³/mol. The Morgan fingerprint density at radius 3 is 2.96 bits per heavy atom. The maximum atomic E-state index is 12.6. The van der Waals surface area contributed by atoms with Crippen molar-refractivity contribution in [3.05, 3.63) is 29.8 Å². The summed E-state index contributed by atoms with van der Waals surface area (Å²) in [6.07, 6.45) is 4.41. The van der Waals surface area contributed by atoms with Crippen molar-refractivity contribution in [1.82, 2.24) is 10.2 Å². The van der Waals surface area contributed by atoms with Crippen LogP contribution in [0.25, 0.3) is 0 Å². The van der Waals surface area contributed by atoms with E-state index in [1.54, 1.807) is 18.2 Å². The third-order valence-electron chi connectivity index (χ3n) is 4.51. The molecule has 0 aromatic heterocycles. The second-order valence-corrected chi connectivity index (χ2v) is 8.27. The van der Waals surface area contributed by atoms with E-state index < -0.39 is 28.3 Å². The van der Waals surface area contributed by atoms with Gasteiger partial charge in [-0.3, -0.25) is 14.5 Å². The topological polar surface area (TPSA) is 106 Å². The highest BCUT2D eigenvalue weighted by molar-refractivity contribution is 7.90. The standard InChI is InChI=1S/C18H25N3O5S/c1-2-3-9-14(18(22)20-26-16-11-6-7-12-25-16)19-17-13-8-4-5-10-15(13)27(23,24)21-17/h4-5,8,10,14,16H,2-3,6-7,9,11-12H2,1H3,(H,19,21)(H,20,22)/t14-,16+/m0/s1. The van der Waals surface area contributed by atoms with Crippen molar-refractivity contribution >= 4 is 21.8 Å². The molecule has 0 aliphatic carbocycles. The molecular weight excluding hydrogens is 370 g/mol. The molecule has 0 spiro atoms. The normalized spacial score (nSPS) is 23.4. The molecule has 1 fully saturated rings. The average Bonchev–Trinajstić information content (AvgIpc) is 2.94. The van der Waals surface area contributed by atoms with Crippen LogP contribution in [0.5, 0.6) is 0 Å². The van der Waals surface area contributed by atoms with Gasteiger partial charge in [0, 0.05) is 18.6 Å². The summed E-state index contributed by atoms with van der Waals surface area (Å²) >= 11 is 0. The Labute approximate surface area is 159 Å². The Balaban J connectivity index is 1.74. The summed E-state index contributed by atoms with van der Waals surface area (Å²) in [5.74, 6) is -0.218. The number of hydroxylamine groups is 1. The number of nitrogens with zero attached hydrogens (tertiary/aromatic N) is 1. The largest absolute Gasteiger partial charge is 0.350 e. The lowest BCUT2D eigenvalue weighted by Crippen LogP contribution is -2.39. The lowest BCUT2D eigenvalue weighted by atomic mass is 10.1. The van der Waals surface area contributed by atoms with Crippen molar-refractivity contribution in [2.24, 2.45) is 4.99 Å². The van der Waals surface area contributed by atoms with Gasteiger partial charge in [-0.1, -0.05) is 31.9 Å².